The summed E-state index contributed by atoms with van der Waals surface area (Å²) < 4.78 is 16.6. The monoisotopic (exact) mass is 930 g/mol. The second-order valence-corrected chi connectivity index (χ2v) is 17.9. The van der Waals surface area contributed by atoms with Crippen molar-refractivity contribution in [3.05, 3.63) is 72.9 Å². The highest BCUT2D eigenvalue weighted by molar-refractivity contribution is 5.76. The van der Waals surface area contributed by atoms with Gasteiger partial charge < -0.3 is 45.1 Å². The van der Waals surface area contributed by atoms with Crippen LogP contribution in [0.4, 0.5) is 0 Å². The van der Waals surface area contributed by atoms with E-state index >= 15 is 0 Å². The number of rotatable bonds is 43. The molecular weight excluding hydrogens is 835 g/mol. The molecule has 11 nitrogen and oxygen atoms in total. The molecule has 1 fully saturated rings. The van der Waals surface area contributed by atoms with Crippen LogP contribution in [-0.4, -0.2) is 100 Å². The maximum atomic E-state index is 12.9. The molecule has 0 spiro atoms. The van der Waals surface area contributed by atoms with Crippen LogP contribution in [0, 0.1) is 0 Å². The minimum absolute atomic E-state index is 0.0584. The minimum atomic E-state index is -1.59. The molecule has 0 radical (unpaired) electrons. The van der Waals surface area contributed by atoms with Gasteiger partial charge in [-0.15, -0.1) is 0 Å². The van der Waals surface area contributed by atoms with Crippen LogP contribution in [0.1, 0.15) is 200 Å². The number of esters is 1. The van der Waals surface area contributed by atoms with Gasteiger partial charge in [-0.2, -0.15) is 0 Å². The Kier molecular flexibility index (Phi) is 41.3. The second-order valence-electron chi connectivity index (χ2n) is 17.9. The summed E-state index contributed by atoms with van der Waals surface area (Å²) in [5.74, 6) is -0.287. The van der Waals surface area contributed by atoms with Crippen molar-refractivity contribution in [1.82, 2.24) is 5.32 Å². The van der Waals surface area contributed by atoms with Crippen molar-refractivity contribution in [1.29, 1.82) is 0 Å². The molecule has 0 aromatic heterocycles. The van der Waals surface area contributed by atoms with Gasteiger partial charge in [-0.05, 0) is 116 Å². The molecule has 7 atom stereocenters. The molecular formula is C55H95NO10. The van der Waals surface area contributed by atoms with Crippen molar-refractivity contribution in [2.24, 2.45) is 0 Å². The fraction of sp³-hybridized carbons (Fsp3) is 0.745. The van der Waals surface area contributed by atoms with Crippen LogP contribution < -0.4 is 5.32 Å². The maximum absolute atomic E-state index is 12.9. The van der Waals surface area contributed by atoms with E-state index in [1.165, 1.54) is 64.2 Å². The Bertz CT molecular complexity index is 1330. The first-order chi connectivity index (χ1) is 32.2. The summed E-state index contributed by atoms with van der Waals surface area (Å²) in [5, 5.41) is 54.0. The van der Waals surface area contributed by atoms with E-state index in [1.54, 1.807) is 6.08 Å². The van der Waals surface area contributed by atoms with Gasteiger partial charge in [0.2, 0.25) is 5.91 Å². The first-order valence-corrected chi connectivity index (χ1v) is 26.2. The number of aliphatic hydroxyl groups excluding tert-OH is 5. The molecule has 0 bridgehead atoms. The zero-order chi connectivity index (χ0) is 48.1. The molecule has 66 heavy (non-hydrogen) atoms. The van der Waals surface area contributed by atoms with Gasteiger partial charge in [0.05, 0.1) is 32.0 Å². The van der Waals surface area contributed by atoms with Crippen molar-refractivity contribution in [2.45, 2.75) is 243 Å². The van der Waals surface area contributed by atoms with Gasteiger partial charge in [0.1, 0.15) is 24.4 Å². The number of hydrogen-bond donors (Lipinski definition) is 6. The fourth-order valence-electron chi connectivity index (χ4n) is 7.61. The van der Waals surface area contributed by atoms with Crippen LogP contribution in [0.25, 0.3) is 0 Å². The molecule has 1 saturated heterocycles. The number of carbonyl (C=O) groups excluding carboxylic acids is 2. The predicted octanol–water partition coefficient (Wildman–Crippen LogP) is 10.9. The van der Waals surface area contributed by atoms with E-state index in [0.717, 1.165) is 96.3 Å². The van der Waals surface area contributed by atoms with Gasteiger partial charge in [-0.1, -0.05) is 144 Å². The third-order valence-electron chi connectivity index (χ3n) is 11.8. The quantitative estimate of drug-likeness (QED) is 0.0196. The van der Waals surface area contributed by atoms with E-state index < -0.39 is 49.5 Å². The Labute approximate surface area is 400 Å². The molecule has 0 aromatic carbocycles. The van der Waals surface area contributed by atoms with Crippen molar-refractivity contribution in [3.8, 4) is 0 Å². The van der Waals surface area contributed by atoms with Gasteiger partial charge in [0.15, 0.2) is 6.29 Å². The van der Waals surface area contributed by atoms with Crippen LogP contribution in [0.3, 0.4) is 0 Å². The summed E-state index contributed by atoms with van der Waals surface area (Å²) in [7, 11) is 0. The molecule has 0 saturated carbocycles. The molecule has 1 aliphatic heterocycles. The van der Waals surface area contributed by atoms with E-state index in [1.807, 2.05) is 19.1 Å². The molecule has 1 amide bonds. The Hall–Kier alpha value is -2.90. The topological polar surface area (TPSA) is 175 Å². The summed E-state index contributed by atoms with van der Waals surface area (Å²) >= 11 is 0. The third-order valence-corrected chi connectivity index (χ3v) is 11.8. The van der Waals surface area contributed by atoms with E-state index in [-0.39, 0.29) is 18.5 Å². The van der Waals surface area contributed by atoms with Crippen molar-refractivity contribution < 1.29 is 49.3 Å². The molecule has 1 rings (SSSR count). The van der Waals surface area contributed by atoms with E-state index in [4.69, 9.17) is 14.2 Å². The highest BCUT2D eigenvalue weighted by atomic mass is 16.7. The van der Waals surface area contributed by atoms with E-state index in [9.17, 15) is 35.1 Å². The minimum Gasteiger partial charge on any atom is -0.466 e. The number of aliphatic hydroxyl groups is 5. The van der Waals surface area contributed by atoms with E-state index in [2.05, 4.69) is 66.9 Å². The number of unbranched alkanes of at least 4 members (excludes halogenated alkanes) is 20. The summed E-state index contributed by atoms with van der Waals surface area (Å²) in [4.78, 5) is 25.0. The van der Waals surface area contributed by atoms with Gasteiger partial charge in [-0.25, -0.2) is 0 Å². The number of hydrogen-bond acceptors (Lipinski definition) is 10. The predicted molar refractivity (Wildman–Crippen MR) is 269 cm³/mol. The van der Waals surface area contributed by atoms with Crippen LogP contribution in [0.5, 0.6) is 0 Å². The van der Waals surface area contributed by atoms with Crippen molar-refractivity contribution in [2.75, 3.05) is 19.8 Å². The first kappa shape index (κ1) is 61.1. The zero-order valence-corrected chi connectivity index (χ0v) is 41.4. The lowest BCUT2D eigenvalue weighted by Crippen LogP contribution is -2.60. The average molecular weight is 930 g/mol. The zero-order valence-electron chi connectivity index (χ0n) is 41.4. The van der Waals surface area contributed by atoms with Gasteiger partial charge in [0, 0.05) is 12.8 Å². The summed E-state index contributed by atoms with van der Waals surface area (Å²) in [6.07, 6.45) is 47.2. The largest absolute Gasteiger partial charge is 0.466 e. The highest BCUT2D eigenvalue weighted by Gasteiger charge is 2.44. The van der Waals surface area contributed by atoms with Gasteiger partial charge in [0.25, 0.3) is 0 Å². The van der Waals surface area contributed by atoms with Crippen LogP contribution in [0.15, 0.2) is 72.9 Å². The fourth-order valence-corrected chi connectivity index (χ4v) is 7.61. The highest BCUT2D eigenvalue weighted by Crippen LogP contribution is 2.22. The van der Waals surface area contributed by atoms with Crippen molar-refractivity contribution >= 4 is 11.9 Å². The smallest absolute Gasteiger partial charge is 0.305 e. The number of nitrogens with one attached hydrogen (secondary N) is 1. The number of carbonyl (C=O) groups is 2. The second kappa shape index (κ2) is 44.6. The number of ether oxygens (including phenoxy) is 3. The number of amides is 1. The standard InChI is InChI=1S/C55H95NO10/c1-3-5-7-9-11-13-14-15-16-17-18-19-23-27-31-35-39-43-51(60)64-44-40-36-32-28-24-21-20-22-26-30-34-38-42-50(59)56-47(48(58)41-37-33-29-25-12-10-8-6-4-2)46-65-55-54(63)53(62)52(61)49(45-57)66-55/h4,6,11-13,15-16,21,24-25,37,41,47-49,52-55,57-58,61-63H,3,5,7-10,14,17-20,22-23,26-36,38-40,42-46H2,1-2H3,(H,56,59)/b6-4+,13-11-,16-15-,24-21-,25-12+,41-37+. The molecule has 11 heteroatoms. The van der Waals surface area contributed by atoms with E-state index in [0.29, 0.717) is 32.3 Å². The lowest BCUT2D eigenvalue weighted by molar-refractivity contribution is -0.302. The molecule has 6 N–H and O–H groups in total. The molecule has 1 heterocycles. The lowest BCUT2D eigenvalue weighted by atomic mass is 9.99. The van der Waals surface area contributed by atoms with Crippen LogP contribution >= 0.6 is 0 Å². The summed E-state index contributed by atoms with van der Waals surface area (Å²) in [6, 6.07) is -0.854. The summed E-state index contributed by atoms with van der Waals surface area (Å²) in [6.45, 7) is 3.95. The molecule has 0 aliphatic carbocycles. The molecule has 7 unspecified atom stereocenters. The van der Waals surface area contributed by atoms with Crippen LogP contribution in [-0.2, 0) is 23.8 Å². The van der Waals surface area contributed by atoms with Crippen LogP contribution in [0.2, 0.25) is 0 Å². The van der Waals surface area contributed by atoms with Gasteiger partial charge >= 0.3 is 5.97 Å². The van der Waals surface area contributed by atoms with Crippen molar-refractivity contribution in [3.63, 3.8) is 0 Å². The Morgan fingerprint density at radius 2 is 1.09 bits per heavy atom. The Morgan fingerprint density at radius 3 is 1.68 bits per heavy atom. The lowest BCUT2D eigenvalue weighted by Gasteiger charge is -2.40. The molecule has 380 valence electrons. The Morgan fingerprint density at radius 1 is 0.591 bits per heavy atom. The first-order valence-electron chi connectivity index (χ1n) is 26.2. The SMILES string of the molecule is C/C=C/CC/C=C/CC/C=C/C(O)C(COC1OC(CO)C(O)C(O)C1O)NC(=O)CCCCCCC/C=C\CCCCCOC(=O)CCCCCCCCC/C=C\C/C=C\CCCCC. The summed E-state index contributed by atoms with van der Waals surface area (Å²) in [5.41, 5.74) is 0. The maximum Gasteiger partial charge on any atom is 0.305 e. The molecule has 1 aliphatic rings. The Balaban J connectivity index is 2.14. The third kappa shape index (κ3) is 34.4. The normalized spacial score (nSPS) is 20.3. The number of allylic oxidation sites excluding steroid dienone is 11. The van der Waals surface area contributed by atoms with Gasteiger partial charge in [-0.3, -0.25) is 9.59 Å². The average Bonchev–Trinajstić information content (AvgIpc) is 3.31. The molecule has 0 aromatic rings.